The highest BCUT2D eigenvalue weighted by molar-refractivity contribution is 5.76. The van der Waals surface area contributed by atoms with Gasteiger partial charge in [0.15, 0.2) is 0 Å². The van der Waals surface area contributed by atoms with E-state index in [1.807, 2.05) is 0 Å². The van der Waals surface area contributed by atoms with Gasteiger partial charge in [-0.3, -0.25) is 4.79 Å². The summed E-state index contributed by atoms with van der Waals surface area (Å²) in [4.78, 5) is 11.7. The fraction of sp³-hybridized carbons (Fsp3) is 0.917. The van der Waals surface area contributed by atoms with Gasteiger partial charge in [-0.1, -0.05) is 6.42 Å². The number of carbonyl (C=O) groups is 1. The minimum absolute atomic E-state index is 0.0398. The quantitative estimate of drug-likeness (QED) is 0.816. The summed E-state index contributed by atoms with van der Waals surface area (Å²) in [6.07, 6.45) is -2.25. The van der Waals surface area contributed by atoms with Crippen molar-refractivity contribution in [1.82, 2.24) is 10.6 Å². The molecule has 0 radical (unpaired) electrons. The fourth-order valence-electron chi connectivity index (χ4n) is 2.66. The minimum Gasteiger partial charge on any atom is -0.353 e. The summed E-state index contributed by atoms with van der Waals surface area (Å²) >= 11 is 0. The average molecular weight is 264 g/mol. The maximum absolute atomic E-state index is 12.6. The summed E-state index contributed by atoms with van der Waals surface area (Å²) in [5.74, 6) is -0.997. The maximum Gasteiger partial charge on any atom is 0.391 e. The molecule has 6 heteroatoms. The molecule has 1 aliphatic heterocycles. The Hall–Kier alpha value is -0.780. The van der Waals surface area contributed by atoms with Crippen LogP contribution in [0.5, 0.6) is 0 Å². The molecule has 2 unspecified atom stereocenters. The van der Waals surface area contributed by atoms with Crippen LogP contribution in [-0.2, 0) is 4.79 Å². The molecule has 0 aromatic heterocycles. The molecule has 2 N–H and O–H groups in total. The van der Waals surface area contributed by atoms with Crippen LogP contribution in [0.15, 0.2) is 0 Å². The van der Waals surface area contributed by atoms with Gasteiger partial charge in [-0.05, 0) is 38.3 Å². The number of nitrogens with one attached hydrogen (secondary N) is 2. The number of halogens is 3. The fourth-order valence-corrected chi connectivity index (χ4v) is 2.66. The zero-order valence-electron chi connectivity index (χ0n) is 10.2. The smallest absolute Gasteiger partial charge is 0.353 e. The summed E-state index contributed by atoms with van der Waals surface area (Å²) in [5, 5.41) is 5.82. The molecule has 3 nitrogen and oxygen atoms in total. The second-order valence-corrected chi connectivity index (χ2v) is 5.40. The Bertz CT molecular complexity index is 302. The Morgan fingerprint density at radius 1 is 1.28 bits per heavy atom. The topological polar surface area (TPSA) is 41.1 Å². The van der Waals surface area contributed by atoms with Crippen LogP contribution >= 0.6 is 0 Å². The van der Waals surface area contributed by atoms with Gasteiger partial charge in [0, 0.05) is 12.5 Å². The molecule has 0 aromatic carbocycles. The third-order valence-electron chi connectivity index (χ3n) is 3.84. The van der Waals surface area contributed by atoms with Crippen LogP contribution in [-0.4, -0.2) is 31.2 Å². The lowest BCUT2D eigenvalue weighted by atomic mass is 9.85. The number of rotatable bonds is 3. The highest BCUT2D eigenvalue weighted by Gasteiger charge is 2.42. The standard InChI is InChI=1S/C12H19F3N2O/c13-12(14,15)9-2-1-3-10(5-9)17-11(18)4-8-6-16-7-8/h8-10,16H,1-7H2,(H,17,18). The Morgan fingerprint density at radius 3 is 2.56 bits per heavy atom. The lowest BCUT2D eigenvalue weighted by molar-refractivity contribution is -0.184. The van der Waals surface area contributed by atoms with Crippen LogP contribution in [0.2, 0.25) is 0 Å². The van der Waals surface area contributed by atoms with Crippen molar-refractivity contribution in [2.24, 2.45) is 11.8 Å². The SMILES string of the molecule is O=C(CC1CNC1)NC1CCCC(C(F)(F)F)C1. The molecule has 0 spiro atoms. The largest absolute Gasteiger partial charge is 0.391 e. The lowest BCUT2D eigenvalue weighted by Gasteiger charge is -2.32. The Labute approximate surface area is 104 Å². The van der Waals surface area contributed by atoms with Gasteiger partial charge in [0.05, 0.1) is 5.92 Å². The molecule has 2 aliphatic rings. The summed E-state index contributed by atoms with van der Waals surface area (Å²) in [6.45, 7) is 1.67. The molecule has 0 aromatic rings. The molecule has 2 atom stereocenters. The average Bonchev–Trinajstić information content (AvgIpc) is 2.23. The van der Waals surface area contributed by atoms with Crippen molar-refractivity contribution in [2.75, 3.05) is 13.1 Å². The molecule has 1 heterocycles. The minimum atomic E-state index is -4.12. The van der Waals surface area contributed by atoms with E-state index in [9.17, 15) is 18.0 Å². The molecule has 2 fully saturated rings. The van der Waals surface area contributed by atoms with Gasteiger partial charge in [0.2, 0.25) is 5.91 Å². The van der Waals surface area contributed by atoms with Crippen molar-refractivity contribution < 1.29 is 18.0 Å². The number of carbonyl (C=O) groups excluding carboxylic acids is 1. The third-order valence-corrected chi connectivity index (χ3v) is 3.84. The first-order valence-electron chi connectivity index (χ1n) is 6.52. The van der Waals surface area contributed by atoms with Gasteiger partial charge >= 0.3 is 6.18 Å². The van der Waals surface area contributed by atoms with Gasteiger partial charge in [-0.15, -0.1) is 0 Å². The Balaban J connectivity index is 1.76. The highest BCUT2D eigenvalue weighted by Crippen LogP contribution is 2.37. The first kappa shape index (κ1) is 13.6. The second kappa shape index (κ2) is 5.47. The molecule has 2 rings (SSSR count). The molecule has 18 heavy (non-hydrogen) atoms. The normalized spacial score (nSPS) is 29.7. The zero-order valence-corrected chi connectivity index (χ0v) is 10.2. The van der Waals surface area contributed by atoms with Crippen molar-refractivity contribution in [3.63, 3.8) is 0 Å². The highest BCUT2D eigenvalue weighted by atomic mass is 19.4. The first-order chi connectivity index (χ1) is 8.45. The van der Waals surface area contributed by atoms with Gasteiger partial charge in [0.1, 0.15) is 0 Å². The Kier molecular flexibility index (Phi) is 4.14. The van der Waals surface area contributed by atoms with Gasteiger partial charge in [-0.2, -0.15) is 13.2 Å². The van der Waals surface area contributed by atoms with Crippen LogP contribution in [0.4, 0.5) is 13.2 Å². The van der Waals surface area contributed by atoms with Crippen LogP contribution < -0.4 is 10.6 Å². The van der Waals surface area contributed by atoms with E-state index in [2.05, 4.69) is 10.6 Å². The van der Waals surface area contributed by atoms with E-state index in [1.54, 1.807) is 0 Å². The van der Waals surface area contributed by atoms with E-state index in [0.717, 1.165) is 13.1 Å². The van der Waals surface area contributed by atoms with Gasteiger partial charge in [-0.25, -0.2) is 0 Å². The van der Waals surface area contributed by atoms with E-state index in [1.165, 1.54) is 0 Å². The monoisotopic (exact) mass is 264 g/mol. The van der Waals surface area contributed by atoms with Crippen LogP contribution in [0.25, 0.3) is 0 Å². The van der Waals surface area contributed by atoms with E-state index in [0.29, 0.717) is 25.2 Å². The van der Waals surface area contributed by atoms with Crippen LogP contribution in [0.3, 0.4) is 0 Å². The van der Waals surface area contributed by atoms with Gasteiger partial charge in [0.25, 0.3) is 0 Å². The van der Waals surface area contributed by atoms with Crippen LogP contribution in [0.1, 0.15) is 32.1 Å². The van der Waals surface area contributed by atoms with Crippen molar-refractivity contribution in [2.45, 2.75) is 44.3 Å². The summed E-state index contributed by atoms with van der Waals surface area (Å²) < 4.78 is 37.8. The molecule has 1 saturated heterocycles. The van der Waals surface area contributed by atoms with E-state index in [4.69, 9.17) is 0 Å². The predicted octanol–water partition coefficient (Wildman–Crippen LogP) is 1.83. The molecule has 1 amide bonds. The lowest BCUT2D eigenvalue weighted by Crippen LogP contribution is -2.47. The van der Waals surface area contributed by atoms with Crippen molar-refractivity contribution in [3.8, 4) is 0 Å². The zero-order chi connectivity index (χ0) is 13.2. The van der Waals surface area contributed by atoms with E-state index >= 15 is 0 Å². The molecule has 104 valence electrons. The van der Waals surface area contributed by atoms with Crippen molar-refractivity contribution in [1.29, 1.82) is 0 Å². The first-order valence-corrected chi connectivity index (χ1v) is 6.52. The molecular weight excluding hydrogens is 245 g/mol. The third kappa shape index (κ3) is 3.60. The van der Waals surface area contributed by atoms with E-state index < -0.39 is 12.1 Å². The molecule has 0 bridgehead atoms. The number of hydrogen-bond acceptors (Lipinski definition) is 2. The Morgan fingerprint density at radius 2 is 2.00 bits per heavy atom. The maximum atomic E-state index is 12.6. The van der Waals surface area contributed by atoms with Gasteiger partial charge < -0.3 is 10.6 Å². The molecule has 1 aliphatic carbocycles. The summed E-state index contributed by atoms with van der Waals surface area (Å²) in [5.41, 5.74) is 0. The number of alkyl halides is 3. The number of amides is 1. The molecule has 1 saturated carbocycles. The summed E-state index contributed by atoms with van der Waals surface area (Å²) in [7, 11) is 0. The number of hydrogen-bond donors (Lipinski definition) is 2. The van der Waals surface area contributed by atoms with E-state index in [-0.39, 0.29) is 24.8 Å². The van der Waals surface area contributed by atoms with Crippen molar-refractivity contribution >= 4 is 5.91 Å². The van der Waals surface area contributed by atoms with Crippen molar-refractivity contribution in [3.05, 3.63) is 0 Å². The predicted molar refractivity (Wildman–Crippen MR) is 60.9 cm³/mol. The second-order valence-electron chi connectivity index (χ2n) is 5.40. The summed E-state index contributed by atoms with van der Waals surface area (Å²) in [6, 6.07) is -0.300. The molecular formula is C12H19F3N2O. The van der Waals surface area contributed by atoms with Crippen LogP contribution in [0, 0.1) is 11.8 Å².